The van der Waals surface area contributed by atoms with E-state index in [1.165, 1.54) is 11.3 Å². The van der Waals surface area contributed by atoms with Gasteiger partial charge in [-0.15, -0.1) is 11.3 Å². The average molecular weight is 359 g/mol. The Bertz CT molecular complexity index is 769. The Balaban J connectivity index is 1.82. The van der Waals surface area contributed by atoms with Gasteiger partial charge in [0, 0.05) is 22.8 Å². The highest BCUT2D eigenvalue weighted by molar-refractivity contribution is 7.15. The molecule has 0 unspecified atom stereocenters. The number of nitrogens with one attached hydrogen (secondary N) is 2. The Morgan fingerprint density at radius 1 is 1.16 bits per heavy atom. The summed E-state index contributed by atoms with van der Waals surface area (Å²) < 4.78 is 1.99. The van der Waals surface area contributed by atoms with Crippen LogP contribution >= 0.6 is 11.3 Å². The molecule has 2 aromatic heterocycles. The van der Waals surface area contributed by atoms with Crippen molar-refractivity contribution in [3.8, 4) is 5.00 Å². The van der Waals surface area contributed by atoms with Gasteiger partial charge in [0.25, 0.3) is 5.91 Å². The van der Waals surface area contributed by atoms with Gasteiger partial charge in [-0.1, -0.05) is 0 Å². The number of aryl methyl sites for hydroxylation is 1. The van der Waals surface area contributed by atoms with Gasteiger partial charge in [-0.3, -0.25) is 9.59 Å². The minimum Gasteiger partial charge on any atom is -0.350 e. The molecule has 0 atom stereocenters. The molecular formula is C19H25N3O2S. The Hall–Kier alpha value is -2.08. The first-order chi connectivity index (χ1) is 11.8. The maximum absolute atomic E-state index is 12.9. The van der Waals surface area contributed by atoms with E-state index in [-0.39, 0.29) is 23.9 Å². The van der Waals surface area contributed by atoms with Crippen molar-refractivity contribution >= 4 is 23.2 Å². The number of hydrogen-bond acceptors (Lipinski definition) is 3. The summed E-state index contributed by atoms with van der Waals surface area (Å²) in [4.78, 5) is 26.2. The Morgan fingerprint density at radius 3 is 2.52 bits per heavy atom. The first-order valence-corrected chi connectivity index (χ1v) is 9.54. The molecule has 5 nitrogen and oxygen atoms in total. The molecule has 2 aromatic rings. The van der Waals surface area contributed by atoms with Crippen LogP contribution in [0.3, 0.4) is 0 Å². The number of carbonyl (C=O) groups is 2. The summed E-state index contributed by atoms with van der Waals surface area (Å²) in [6.07, 6.45) is 8.17. The highest BCUT2D eigenvalue weighted by Crippen LogP contribution is 2.36. The van der Waals surface area contributed by atoms with Crippen LogP contribution in [0.2, 0.25) is 0 Å². The van der Waals surface area contributed by atoms with Gasteiger partial charge in [0.1, 0.15) is 5.00 Å². The Morgan fingerprint density at radius 2 is 1.84 bits per heavy atom. The van der Waals surface area contributed by atoms with Crippen LogP contribution in [-0.2, 0) is 17.6 Å². The van der Waals surface area contributed by atoms with Crippen LogP contribution in [0, 0.1) is 0 Å². The van der Waals surface area contributed by atoms with Gasteiger partial charge < -0.3 is 15.2 Å². The molecule has 0 aromatic carbocycles. The molecule has 0 saturated heterocycles. The first-order valence-electron chi connectivity index (χ1n) is 8.72. The van der Waals surface area contributed by atoms with E-state index in [0.717, 1.165) is 35.4 Å². The van der Waals surface area contributed by atoms with E-state index in [4.69, 9.17) is 0 Å². The van der Waals surface area contributed by atoms with E-state index < -0.39 is 0 Å². The van der Waals surface area contributed by atoms with Crippen molar-refractivity contribution in [2.75, 3.05) is 6.54 Å². The van der Waals surface area contributed by atoms with E-state index >= 15 is 0 Å². The topological polar surface area (TPSA) is 63.1 Å². The molecule has 0 saturated carbocycles. The van der Waals surface area contributed by atoms with Crippen molar-refractivity contribution in [3.05, 3.63) is 40.5 Å². The van der Waals surface area contributed by atoms with E-state index in [1.54, 1.807) is 11.3 Å². The summed E-state index contributed by atoms with van der Waals surface area (Å²) in [5, 5.41) is 6.62. The van der Waals surface area contributed by atoms with Crippen molar-refractivity contribution in [3.63, 3.8) is 0 Å². The van der Waals surface area contributed by atoms with Crippen LogP contribution in [0.25, 0.3) is 5.00 Å². The normalized spacial score (nSPS) is 14.0. The molecule has 1 aliphatic carbocycles. The largest absolute Gasteiger partial charge is 0.350 e. The fraction of sp³-hybridized carbons (Fsp3) is 0.474. The number of rotatable bonds is 4. The number of amides is 2. The van der Waals surface area contributed by atoms with Crippen molar-refractivity contribution in [1.29, 1.82) is 0 Å². The molecule has 0 aliphatic heterocycles. The van der Waals surface area contributed by atoms with Crippen molar-refractivity contribution in [2.24, 2.45) is 0 Å². The second-order valence-electron chi connectivity index (χ2n) is 7.46. The van der Waals surface area contributed by atoms with Gasteiger partial charge in [-0.25, -0.2) is 0 Å². The van der Waals surface area contributed by atoms with Crippen LogP contribution in [0.1, 0.15) is 54.4 Å². The first kappa shape index (κ1) is 17.7. The molecule has 25 heavy (non-hydrogen) atoms. The monoisotopic (exact) mass is 359 g/mol. The smallest absolute Gasteiger partial charge is 0.255 e. The van der Waals surface area contributed by atoms with E-state index in [1.807, 2.05) is 49.9 Å². The minimum atomic E-state index is -0.306. The maximum atomic E-state index is 12.9. The van der Waals surface area contributed by atoms with Crippen LogP contribution in [0.4, 0.5) is 0 Å². The molecule has 3 rings (SSSR count). The predicted molar refractivity (Wildman–Crippen MR) is 101 cm³/mol. The van der Waals surface area contributed by atoms with Crippen molar-refractivity contribution in [2.45, 2.75) is 52.0 Å². The van der Waals surface area contributed by atoms with Crippen molar-refractivity contribution < 1.29 is 9.59 Å². The standard InChI is InChI=1S/C19H25N3O2S/c1-19(2,3)21-15(23)12-20-17(24)16-13-8-4-5-9-14(13)25-18(16)22-10-6-7-11-22/h6-7,10-11H,4-5,8-9,12H2,1-3H3,(H,20,24)(H,21,23). The molecule has 1 aliphatic rings. The average Bonchev–Trinajstić information content (AvgIpc) is 3.17. The number of nitrogens with zero attached hydrogens (tertiary/aromatic N) is 1. The van der Waals surface area contributed by atoms with Gasteiger partial charge in [0.05, 0.1) is 12.1 Å². The van der Waals surface area contributed by atoms with Crippen LogP contribution in [0.5, 0.6) is 0 Å². The number of fused-ring (bicyclic) bond motifs is 1. The second-order valence-corrected chi connectivity index (χ2v) is 8.55. The van der Waals surface area contributed by atoms with Gasteiger partial charge in [-0.2, -0.15) is 0 Å². The van der Waals surface area contributed by atoms with Crippen LogP contribution < -0.4 is 10.6 Å². The number of hydrogen-bond donors (Lipinski definition) is 2. The molecule has 2 amide bonds. The summed E-state index contributed by atoms with van der Waals surface area (Å²) in [5.41, 5.74) is 1.59. The summed E-state index contributed by atoms with van der Waals surface area (Å²) in [7, 11) is 0. The predicted octanol–water partition coefficient (Wildman–Crippen LogP) is 3.06. The lowest BCUT2D eigenvalue weighted by Gasteiger charge is -2.20. The van der Waals surface area contributed by atoms with E-state index in [0.29, 0.717) is 0 Å². The lowest BCUT2D eigenvalue weighted by molar-refractivity contribution is -0.121. The zero-order chi connectivity index (χ0) is 18.0. The zero-order valence-corrected chi connectivity index (χ0v) is 15.8. The zero-order valence-electron chi connectivity index (χ0n) is 15.0. The molecule has 0 bridgehead atoms. The number of aromatic nitrogens is 1. The summed E-state index contributed by atoms with van der Waals surface area (Å²) >= 11 is 1.69. The molecule has 0 radical (unpaired) electrons. The summed E-state index contributed by atoms with van der Waals surface area (Å²) in [5.74, 6) is -0.334. The molecule has 2 N–H and O–H groups in total. The molecule has 6 heteroatoms. The molecular weight excluding hydrogens is 334 g/mol. The van der Waals surface area contributed by atoms with E-state index in [9.17, 15) is 9.59 Å². The highest BCUT2D eigenvalue weighted by Gasteiger charge is 2.26. The molecule has 2 heterocycles. The van der Waals surface area contributed by atoms with E-state index in [2.05, 4.69) is 10.6 Å². The third-order valence-corrected chi connectivity index (χ3v) is 5.45. The van der Waals surface area contributed by atoms with Gasteiger partial charge in [-0.05, 0) is 64.2 Å². The molecule has 0 fully saturated rings. The lowest BCUT2D eigenvalue weighted by Crippen LogP contribution is -2.46. The third-order valence-electron chi connectivity index (χ3n) is 4.14. The number of carbonyl (C=O) groups excluding carboxylic acids is 2. The molecule has 134 valence electrons. The third kappa shape index (κ3) is 4.12. The van der Waals surface area contributed by atoms with Gasteiger partial charge >= 0.3 is 0 Å². The fourth-order valence-electron chi connectivity index (χ4n) is 3.15. The number of thiophene rings is 1. The van der Waals surface area contributed by atoms with Crippen LogP contribution in [-0.4, -0.2) is 28.5 Å². The lowest BCUT2D eigenvalue weighted by atomic mass is 9.95. The SMILES string of the molecule is CC(C)(C)NC(=O)CNC(=O)c1c(-n2cccc2)sc2c1CCCC2. The van der Waals surface area contributed by atoms with Gasteiger partial charge in [0.2, 0.25) is 5.91 Å². The van der Waals surface area contributed by atoms with Crippen LogP contribution in [0.15, 0.2) is 24.5 Å². The van der Waals surface area contributed by atoms with Gasteiger partial charge in [0.15, 0.2) is 0 Å². The fourth-order valence-corrected chi connectivity index (χ4v) is 4.50. The Kier molecular flexibility index (Phi) is 4.99. The Labute approximate surface area is 152 Å². The van der Waals surface area contributed by atoms with Crippen molar-refractivity contribution in [1.82, 2.24) is 15.2 Å². The molecule has 0 spiro atoms. The second kappa shape index (κ2) is 7.04. The summed E-state index contributed by atoms with van der Waals surface area (Å²) in [6, 6.07) is 3.91. The maximum Gasteiger partial charge on any atom is 0.255 e. The highest BCUT2D eigenvalue weighted by atomic mass is 32.1. The quantitative estimate of drug-likeness (QED) is 0.881. The minimum absolute atomic E-state index is 0.00809. The summed E-state index contributed by atoms with van der Waals surface area (Å²) in [6.45, 7) is 5.76.